The van der Waals surface area contributed by atoms with Crippen molar-refractivity contribution >= 4 is 5.91 Å². The Kier molecular flexibility index (Phi) is 4.34. The van der Waals surface area contributed by atoms with Crippen molar-refractivity contribution in [3.05, 3.63) is 71.9 Å². The van der Waals surface area contributed by atoms with Gasteiger partial charge >= 0.3 is 0 Å². The summed E-state index contributed by atoms with van der Waals surface area (Å²) in [5.41, 5.74) is 1.31. The fourth-order valence-electron chi connectivity index (χ4n) is 2.39. The third-order valence-corrected chi connectivity index (χ3v) is 3.56. The molecular weight excluding hydrogens is 306 g/mol. The third kappa shape index (κ3) is 3.01. The number of amides is 1. The second kappa shape index (κ2) is 6.75. The van der Waals surface area contributed by atoms with Crippen LogP contribution in [0, 0.1) is 11.3 Å². The second-order valence-corrected chi connectivity index (χ2v) is 5.02. The molecule has 0 atom stereocenters. The zero-order valence-corrected chi connectivity index (χ0v) is 13.0. The summed E-state index contributed by atoms with van der Waals surface area (Å²) in [5.74, 6) is 0.957. The predicted molar refractivity (Wildman–Crippen MR) is 86.9 cm³/mol. The van der Waals surface area contributed by atoms with Crippen LogP contribution in [0.3, 0.4) is 0 Å². The Hall–Kier alpha value is -3.46. The fraction of sp³-hybridized carbons (Fsp3) is 0.111. The van der Waals surface area contributed by atoms with Crippen molar-refractivity contribution in [2.24, 2.45) is 0 Å². The number of nitrogens with zero attached hydrogens (tertiary/aromatic N) is 2. The van der Waals surface area contributed by atoms with Gasteiger partial charge in [0.2, 0.25) is 0 Å². The van der Waals surface area contributed by atoms with Crippen LogP contribution < -0.4 is 10.1 Å². The van der Waals surface area contributed by atoms with Crippen molar-refractivity contribution in [1.29, 1.82) is 5.26 Å². The molecule has 1 N–H and O–H groups in total. The molecule has 6 nitrogen and oxygen atoms in total. The number of carbonyl (C=O) groups is 1. The highest BCUT2D eigenvalue weighted by molar-refractivity contribution is 5.95. The third-order valence-electron chi connectivity index (χ3n) is 3.56. The Morgan fingerprint density at radius 1 is 1.33 bits per heavy atom. The minimum atomic E-state index is -0.351. The molecule has 0 spiro atoms. The molecule has 0 saturated heterocycles. The Morgan fingerprint density at radius 3 is 2.92 bits per heavy atom. The smallest absolute Gasteiger partial charge is 0.270 e. The molecule has 2 aromatic heterocycles. The molecule has 0 radical (unpaired) electrons. The number of nitriles is 1. The van der Waals surface area contributed by atoms with Gasteiger partial charge in [0.05, 0.1) is 25.5 Å². The number of benzene rings is 1. The maximum Gasteiger partial charge on any atom is 0.270 e. The SMILES string of the molecule is COc1cccc(-n2ccc(C#N)c2C(=O)NCc2ccco2)c1. The van der Waals surface area contributed by atoms with Crippen LogP contribution >= 0.6 is 0 Å². The maximum atomic E-state index is 12.6. The monoisotopic (exact) mass is 321 g/mol. The lowest BCUT2D eigenvalue weighted by Gasteiger charge is -2.11. The van der Waals surface area contributed by atoms with Crippen LogP contribution in [0.4, 0.5) is 0 Å². The van der Waals surface area contributed by atoms with E-state index in [0.29, 0.717) is 17.1 Å². The van der Waals surface area contributed by atoms with Crippen LogP contribution in [-0.4, -0.2) is 17.6 Å². The minimum absolute atomic E-state index is 0.250. The Bertz CT molecular complexity index is 889. The molecular formula is C18H15N3O3. The van der Waals surface area contributed by atoms with E-state index in [1.807, 2.05) is 18.2 Å². The summed E-state index contributed by atoms with van der Waals surface area (Å²) >= 11 is 0. The van der Waals surface area contributed by atoms with Gasteiger partial charge in [-0.2, -0.15) is 5.26 Å². The average Bonchev–Trinajstić information content (AvgIpc) is 3.28. The van der Waals surface area contributed by atoms with Gasteiger partial charge < -0.3 is 19.0 Å². The molecule has 0 saturated carbocycles. The van der Waals surface area contributed by atoms with E-state index >= 15 is 0 Å². The molecule has 120 valence electrons. The Labute approximate surface area is 138 Å². The molecule has 0 bridgehead atoms. The van der Waals surface area contributed by atoms with Crippen LogP contribution in [0.25, 0.3) is 5.69 Å². The molecule has 0 aliphatic carbocycles. The number of rotatable bonds is 5. The summed E-state index contributed by atoms with van der Waals surface area (Å²) in [6, 6.07) is 14.5. The van der Waals surface area contributed by atoms with E-state index < -0.39 is 0 Å². The van der Waals surface area contributed by atoms with Gasteiger partial charge in [0, 0.05) is 18.0 Å². The van der Waals surface area contributed by atoms with Crippen LogP contribution in [0.2, 0.25) is 0 Å². The van der Waals surface area contributed by atoms with Gasteiger partial charge in [0.1, 0.15) is 23.3 Å². The molecule has 3 rings (SSSR count). The van der Waals surface area contributed by atoms with E-state index in [1.165, 1.54) is 0 Å². The van der Waals surface area contributed by atoms with Crippen molar-refractivity contribution in [2.45, 2.75) is 6.54 Å². The molecule has 3 aromatic rings. The largest absolute Gasteiger partial charge is 0.497 e. The molecule has 6 heteroatoms. The van der Waals surface area contributed by atoms with Crippen LogP contribution in [-0.2, 0) is 6.54 Å². The summed E-state index contributed by atoms with van der Waals surface area (Å²) in [4.78, 5) is 12.6. The minimum Gasteiger partial charge on any atom is -0.497 e. The van der Waals surface area contributed by atoms with Gasteiger partial charge in [-0.05, 0) is 30.3 Å². The van der Waals surface area contributed by atoms with E-state index in [4.69, 9.17) is 9.15 Å². The predicted octanol–water partition coefficient (Wildman–Crippen LogP) is 2.88. The van der Waals surface area contributed by atoms with E-state index in [2.05, 4.69) is 11.4 Å². The normalized spacial score (nSPS) is 10.2. The summed E-state index contributed by atoms with van der Waals surface area (Å²) in [6.07, 6.45) is 3.23. The van der Waals surface area contributed by atoms with Crippen molar-refractivity contribution < 1.29 is 13.9 Å². The Morgan fingerprint density at radius 2 is 2.21 bits per heavy atom. The first kappa shape index (κ1) is 15.4. The number of hydrogen-bond donors (Lipinski definition) is 1. The van der Waals surface area contributed by atoms with E-state index in [-0.39, 0.29) is 18.1 Å². The summed E-state index contributed by atoms with van der Waals surface area (Å²) in [7, 11) is 1.58. The number of methoxy groups -OCH3 is 1. The number of aromatic nitrogens is 1. The zero-order valence-electron chi connectivity index (χ0n) is 13.0. The summed E-state index contributed by atoms with van der Waals surface area (Å²) in [6.45, 7) is 0.250. The van der Waals surface area contributed by atoms with Gasteiger partial charge in [-0.15, -0.1) is 0 Å². The highest BCUT2D eigenvalue weighted by atomic mass is 16.5. The van der Waals surface area contributed by atoms with E-state index in [0.717, 1.165) is 5.69 Å². The number of nitrogens with one attached hydrogen (secondary N) is 1. The number of furan rings is 1. The lowest BCUT2D eigenvalue weighted by Crippen LogP contribution is -2.25. The standard InChI is InChI=1S/C18H15N3O3/c1-23-15-5-2-4-14(10-15)21-8-7-13(11-19)17(21)18(22)20-12-16-6-3-9-24-16/h2-10H,12H2,1H3,(H,20,22). The van der Waals surface area contributed by atoms with Crippen molar-refractivity contribution in [3.63, 3.8) is 0 Å². The first-order chi connectivity index (χ1) is 11.7. The van der Waals surface area contributed by atoms with Crippen molar-refractivity contribution in [3.8, 4) is 17.5 Å². The topological polar surface area (TPSA) is 80.2 Å². The fourth-order valence-corrected chi connectivity index (χ4v) is 2.39. The highest BCUT2D eigenvalue weighted by Gasteiger charge is 2.18. The summed E-state index contributed by atoms with van der Waals surface area (Å²) < 4.78 is 12.1. The van der Waals surface area contributed by atoms with Gasteiger partial charge in [-0.3, -0.25) is 4.79 Å². The van der Waals surface area contributed by atoms with Gasteiger partial charge in [0.15, 0.2) is 0 Å². The zero-order chi connectivity index (χ0) is 16.9. The molecule has 2 heterocycles. The number of carbonyl (C=O) groups excluding carboxylic acids is 1. The average molecular weight is 321 g/mol. The van der Waals surface area contributed by atoms with Crippen LogP contribution in [0.15, 0.2) is 59.3 Å². The molecule has 1 amide bonds. The van der Waals surface area contributed by atoms with Crippen molar-refractivity contribution in [2.75, 3.05) is 7.11 Å². The van der Waals surface area contributed by atoms with Gasteiger partial charge in [-0.25, -0.2) is 0 Å². The summed E-state index contributed by atoms with van der Waals surface area (Å²) in [5, 5.41) is 12.1. The quantitative estimate of drug-likeness (QED) is 0.783. The lowest BCUT2D eigenvalue weighted by molar-refractivity contribution is 0.0941. The Balaban J connectivity index is 1.92. The van der Waals surface area contributed by atoms with Gasteiger partial charge in [-0.1, -0.05) is 6.07 Å². The molecule has 1 aromatic carbocycles. The number of ether oxygens (including phenoxy) is 1. The van der Waals surface area contributed by atoms with E-state index in [9.17, 15) is 10.1 Å². The first-order valence-electron chi connectivity index (χ1n) is 7.29. The molecule has 24 heavy (non-hydrogen) atoms. The van der Waals surface area contributed by atoms with Crippen molar-refractivity contribution in [1.82, 2.24) is 9.88 Å². The second-order valence-electron chi connectivity index (χ2n) is 5.02. The molecule has 0 aliphatic rings. The number of hydrogen-bond acceptors (Lipinski definition) is 4. The van der Waals surface area contributed by atoms with Crippen LogP contribution in [0.1, 0.15) is 21.8 Å². The molecule has 0 unspecified atom stereocenters. The van der Waals surface area contributed by atoms with Gasteiger partial charge in [0.25, 0.3) is 5.91 Å². The lowest BCUT2D eigenvalue weighted by atomic mass is 10.2. The first-order valence-corrected chi connectivity index (χ1v) is 7.29. The maximum absolute atomic E-state index is 12.6. The van der Waals surface area contributed by atoms with Crippen LogP contribution in [0.5, 0.6) is 5.75 Å². The molecule has 0 fully saturated rings. The highest BCUT2D eigenvalue weighted by Crippen LogP contribution is 2.21. The van der Waals surface area contributed by atoms with E-state index in [1.54, 1.807) is 48.4 Å². The molecule has 0 aliphatic heterocycles.